The van der Waals surface area contributed by atoms with E-state index in [9.17, 15) is 8.42 Å². The van der Waals surface area contributed by atoms with Crippen molar-refractivity contribution in [1.29, 1.82) is 0 Å². The molecule has 4 heteroatoms. The molecule has 3 nitrogen and oxygen atoms in total. The van der Waals surface area contributed by atoms with Crippen molar-refractivity contribution >= 4 is 10.0 Å². The van der Waals surface area contributed by atoms with Crippen molar-refractivity contribution in [3.63, 3.8) is 0 Å². The molecule has 0 heterocycles. The third kappa shape index (κ3) is 3.94. The van der Waals surface area contributed by atoms with Crippen molar-refractivity contribution in [2.75, 3.05) is 6.54 Å². The summed E-state index contributed by atoms with van der Waals surface area (Å²) in [7, 11) is -3.69. The highest BCUT2D eigenvalue weighted by molar-refractivity contribution is 7.89. The quantitative estimate of drug-likeness (QED) is 0.590. The summed E-state index contributed by atoms with van der Waals surface area (Å²) in [6.07, 6.45) is 1.64. The Morgan fingerprint density at radius 3 is 2.29 bits per heavy atom. The fraction of sp³-hybridized carbons (Fsp3) is 0.200. The van der Waals surface area contributed by atoms with Gasteiger partial charge in [-0.25, -0.2) is 8.42 Å². The largest absolute Gasteiger partial charge is 0.244 e. The van der Waals surface area contributed by atoms with Crippen LogP contribution in [0, 0.1) is 18.8 Å². The Balaban J connectivity index is 2.52. The summed E-state index contributed by atoms with van der Waals surface area (Å²) >= 11 is 0. The van der Waals surface area contributed by atoms with Crippen molar-refractivity contribution in [2.45, 2.75) is 24.8 Å². The van der Waals surface area contributed by atoms with Gasteiger partial charge in [-0.1, -0.05) is 60.0 Å². The van der Waals surface area contributed by atoms with E-state index < -0.39 is 16.1 Å². The lowest BCUT2D eigenvalue weighted by molar-refractivity contribution is 0.402. The SMILES string of the molecule is C=C[C@@H](c1ccccc1)N(CC#CC)S(=O)(=O)c1ccc(C)cc1. The number of nitrogens with zero attached hydrogens (tertiary/aromatic N) is 1. The number of aryl methyl sites for hydroxylation is 1. The first-order chi connectivity index (χ1) is 11.5. The average molecular weight is 339 g/mol. The van der Waals surface area contributed by atoms with Crippen LogP contribution < -0.4 is 0 Å². The average Bonchev–Trinajstić information content (AvgIpc) is 2.59. The Hall–Kier alpha value is -2.35. The normalized spacial score (nSPS) is 12.3. The molecule has 2 aromatic rings. The predicted molar refractivity (Wildman–Crippen MR) is 97.9 cm³/mol. The zero-order valence-electron chi connectivity index (χ0n) is 13.9. The highest BCUT2D eigenvalue weighted by Gasteiger charge is 2.30. The number of benzene rings is 2. The van der Waals surface area contributed by atoms with Crippen LogP contribution in [-0.4, -0.2) is 19.3 Å². The van der Waals surface area contributed by atoms with Crippen LogP contribution in [0.3, 0.4) is 0 Å². The van der Waals surface area contributed by atoms with Crippen molar-refractivity contribution in [2.24, 2.45) is 0 Å². The van der Waals surface area contributed by atoms with Gasteiger partial charge in [0.05, 0.1) is 17.5 Å². The number of hydrogen-bond donors (Lipinski definition) is 0. The van der Waals surface area contributed by atoms with E-state index in [1.807, 2.05) is 37.3 Å². The third-order valence-electron chi connectivity index (χ3n) is 3.71. The Morgan fingerprint density at radius 1 is 1.12 bits per heavy atom. The van der Waals surface area contributed by atoms with Crippen molar-refractivity contribution in [3.05, 3.63) is 78.4 Å². The molecule has 24 heavy (non-hydrogen) atoms. The van der Waals surface area contributed by atoms with Crippen LogP contribution in [-0.2, 0) is 10.0 Å². The molecule has 0 unspecified atom stereocenters. The second-order valence-electron chi connectivity index (χ2n) is 5.38. The Labute approximate surface area is 144 Å². The van der Waals surface area contributed by atoms with Gasteiger partial charge in [-0.15, -0.1) is 12.5 Å². The molecule has 0 amide bonds. The smallest absolute Gasteiger partial charge is 0.207 e. The molecule has 0 saturated carbocycles. The van der Waals surface area contributed by atoms with Crippen LogP contribution in [0.1, 0.15) is 24.1 Å². The Kier molecular flexibility index (Phi) is 5.97. The number of sulfonamides is 1. The van der Waals surface area contributed by atoms with Gasteiger partial charge >= 0.3 is 0 Å². The molecule has 0 saturated heterocycles. The maximum Gasteiger partial charge on any atom is 0.244 e. The highest BCUT2D eigenvalue weighted by atomic mass is 32.2. The second kappa shape index (κ2) is 7.96. The van der Waals surface area contributed by atoms with Crippen LogP contribution in [0.5, 0.6) is 0 Å². The van der Waals surface area contributed by atoms with E-state index in [0.717, 1.165) is 11.1 Å². The minimum absolute atomic E-state index is 0.109. The van der Waals surface area contributed by atoms with E-state index in [0.29, 0.717) is 0 Å². The van der Waals surface area contributed by atoms with Gasteiger partial charge in [0.2, 0.25) is 10.0 Å². The van der Waals surface area contributed by atoms with Crippen molar-refractivity contribution in [1.82, 2.24) is 4.31 Å². The molecule has 0 fully saturated rings. The lowest BCUT2D eigenvalue weighted by atomic mass is 10.1. The van der Waals surface area contributed by atoms with E-state index in [4.69, 9.17) is 0 Å². The lowest BCUT2D eigenvalue weighted by Crippen LogP contribution is -2.34. The molecule has 0 bridgehead atoms. The van der Waals surface area contributed by atoms with E-state index in [2.05, 4.69) is 18.4 Å². The first-order valence-electron chi connectivity index (χ1n) is 7.66. The van der Waals surface area contributed by atoms with Gasteiger partial charge in [-0.3, -0.25) is 0 Å². The van der Waals surface area contributed by atoms with E-state index in [1.165, 1.54) is 4.31 Å². The van der Waals surface area contributed by atoms with E-state index >= 15 is 0 Å². The summed E-state index contributed by atoms with van der Waals surface area (Å²) in [6, 6.07) is 15.8. The van der Waals surface area contributed by atoms with Gasteiger partial charge in [0.25, 0.3) is 0 Å². The number of hydrogen-bond acceptors (Lipinski definition) is 2. The fourth-order valence-electron chi connectivity index (χ4n) is 2.41. The molecule has 0 radical (unpaired) electrons. The molecule has 1 atom stereocenters. The molecule has 0 aliphatic heterocycles. The van der Waals surface area contributed by atoms with Gasteiger partial charge < -0.3 is 0 Å². The molecule has 124 valence electrons. The molecule has 0 aliphatic rings. The molecular formula is C20H21NO2S. The molecule has 0 spiro atoms. The first-order valence-corrected chi connectivity index (χ1v) is 9.10. The fourth-order valence-corrected chi connectivity index (χ4v) is 3.90. The van der Waals surface area contributed by atoms with Crippen LogP contribution in [0.15, 0.2) is 72.1 Å². The summed E-state index contributed by atoms with van der Waals surface area (Å²) in [4.78, 5) is 0.258. The summed E-state index contributed by atoms with van der Waals surface area (Å²) in [5, 5.41) is 0. The molecule has 0 aromatic heterocycles. The Bertz CT molecular complexity index is 844. The maximum absolute atomic E-state index is 13.1. The predicted octanol–water partition coefficient (Wildman–Crippen LogP) is 3.94. The first kappa shape index (κ1) is 18.0. The lowest BCUT2D eigenvalue weighted by Gasteiger charge is -2.27. The number of rotatable bonds is 6. The minimum Gasteiger partial charge on any atom is -0.207 e. The van der Waals surface area contributed by atoms with Gasteiger partial charge in [0.15, 0.2) is 0 Å². The van der Waals surface area contributed by atoms with Gasteiger partial charge in [-0.05, 0) is 31.5 Å². The summed E-state index contributed by atoms with van der Waals surface area (Å²) in [6.45, 7) is 7.56. The van der Waals surface area contributed by atoms with Gasteiger partial charge in [-0.2, -0.15) is 4.31 Å². The topological polar surface area (TPSA) is 37.4 Å². The summed E-state index contributed by atoms with van der Waals surface area (Å²) in [5.74, 6) is 5.64. The van der Waals surface area contributed by atoms with Crippen LogP contribution in [0.4, 0.5) is 0 Å². The molecular weight excluding hydrogens is 318 g/mol. The Morgan fingerprint density at radius 2 is 1.75 bits per heavy atom. The highest BCUT2D eigenvalue weighted by Crippen LogP contribution is 2.28. The monoisotopic (exact) mass is 339 g/mol. The third-order valence-corrected chi connectivity index (χ3v) is 5.56. The zero-order chi connectivity index (χ0) is 17.6. The maximum atomic E-state index is 13.1. The van der Waals surface area contributed by atoms with Gasteiger partial charge in [0.1, 0.15) is 0 Å². The van der Waals surface area contributed by atoms with E-state index in [1.54, 1.807) is 37.3 Å². The summed E-state index contributed by atoms with van der Waals surface area (Å²) in [5.41, 5.74) is 1.87. The standard InChI is InChI=1S/C20H21NO2S/c1-4-6-16-21(20(5-2)18-10-8-7-9-11-18)24(22,23)19-14-12-17(3)13-15-19/h5,7-15,20H,2,16H2,1,3H3/t20-/m0/s1. The van der Waals surface area contributed by atoms with Crippen LogP contribution in [0.25, 0.3) is 0 Å². The second-order valence-corrected chi connectivity index (χ2v) is 7.27. The van der Waals surface area contributed by atoms with Crippen molar-refractivity contribution < 1.29 is 8.42 Å². The van der Waals surface area contributed by atoms with Gasteiger partial charge in [0, 0.05) is 0 Å². The molecule has 2 aromatic carbocycles. The van der Waals surface area contributed by atoms with E-state index in [-0.39, 0.29) is 11.4 Å². The zero-order valence-corrected chi connectivity index (χ0v) is 14.8. The van der Waals surface area contributed by atoms with Crippen LogP contribution in [0.2, 0.25) is 0 Å². The van der Waals surface area contributed by atoms with Crippen molar-refractivity contribution in [3.8, 4) is 11.8 Å². The molecule has 0 N–H and O–H groups in total. The molecule has 0 aliphatic carbocycles. The summed E-state index contributed by atoms with van der Waals surface area (Å²) < 4.78 is 27.7. The minimum atomic E-state index is -3.69. The molecule has 2 rings (SSSR count). The van der Waals surface area contributed by atoms with Crippen LogP contribution >= 0.6 is 0 Å².